The maximum atomic E-state index is 5.21. The fraction of sp³-hybridized carbons (Fsp3) is 1.00. The normalized spacial score (nSPS) is 7.80. The van der Waals surface area contributed by atoms with E-state index in [0.717, 1.165) is 6.32 Å². The Morgan fingerprint density at radius 1 is 2.00 bits per heavy atom. The molecule has 0 saturated heterocycles. The van der Waals surface area contributed by atoms with E-state index >= 15 is 0 Å². The number of hydrogen-bond acceptors (Lipinski definition) is 1. The number of nitrogens with two attached hydrogens (primary N) is 1. The van der Waals surface area contributed by atoms with Gasteiger partial charge in [0.25, 0.3) is 5.67 Å². The molecule has 0 saturated carbocycles. The quantitative estimate of drug-likeness (QED) is 0.531. The minimum absolute atomic E-state index is 0.197. The highest BCUT2D eigenvalue weighted by atomic mass is 79.9. The third kappa shape index (κ3) is 4.50. The van der Waals surface area contributed by atoms with E-state index in [4.69, 9.17) is 5.64 Å². The topological polar surface area (TPSA) is 26.0 Å². The summed E-state index contributed by atoms with van der Waals surface area (Å²) in [5.74, 6) is 0. The molecule has 0 aliphatic rings. The molecule has 2 N–H and O–H groups in total. The van der Waals surface area contributed by atoms with E-state index in [1.165, 1.54) is 0 Å². The van der Waals surface area contributed by atoms with Crippen molar-refractivity contribution in [1.29, 1.82) is 0 Å². The highest BCUT2D eigenvalue weighted by Crippen LogP contribution is 1.87. The van der Waals surface area contributed by atoms with Gasteiger partial charge < -0.3 is 5.64 Å². The Morgan fingerprint density at radius 3 is 2.20 bits per heavy atom. The van der Waals surface area contributed by atoms with Crippen molar-refractivity contribution in [3.05, 3.63) is 0 Å². The highest BCUT2D eigenvalue weighted by Gasteiger charge is 1.91. The van der Waals surface area contributed by atoms with Gasteiger partial charge in [0.05, 0.1) is 0 Å². The molecule has 0 aliphatic carbocycles. The second-order valence-corrected chi connectivity index (χ2v) is 2.10. The monoisotopic (exact) mass is 135 g/mol. The molecule has 0 bridgehead atoms. The molecule has 0 spiro atoms. The number of hydrogen-bond donors (Lipinski definition) is 1. The molecular formula is C2H7BBrN. The van der Waals surface area contributed by atoms with E-state index < -0.39 is 0 Å². The average molecular weight is 136 g/mol. The first-order chi connectivity index (χ1) is 2.27. The van der Waals surface area contributed by atoms with Crippen LogP contribution >= 0.6 is 15.8 Å². The van der Waals surface area contributed by atoms with Crippen molar-refractivity contribution in [1.82, 2.24) is 0 Å². The Balaban J connectivity index is 2.54. The SMILES string of the molecule is CCB(N)Br. The molecule has 0 aromatic carbocycles. The van der Waals surface area contributed by atoms with E-state index in [9.17, 15) is 0 Å². The van der Waals surface area contributed by atoms with Gasteiger partial charge in [-0.1, -0.05) is 13.2 Å². The summed E-state index contributed by atoms with van der Waals surface area (Å²) in [6.07, 6.45) is 1.00. The van der Waals surface area contributed by atoms with Crippen LogP contribution in [0, 0.1) is 0 Å². The summed E-state index contributed by atoms with van der Waals surface area (Å²) in [6, 6.07) is 0. The molecule has 0 unspecified atom stereocenters. The van der Waals surface area contributed by atoms with Gasteiger partial charge in [0.15, 0.2) is 0 Å². The smallest absolute Gasteiger partial charge is 0.297 e. The van der Waals surface area contributed by atoms with Crippen LogP contribution < -0.4 is 5.64 Å². The molecule has 0 radical (unpaired) electrons. The minimum Gasteiger partial charge on any atom is -0.360 e. The highest BCUT2D eigenvalue weighted by molar-refractivity contribution is 9.24. The Kier molecular flexibility index (Phi) is 3.00. The second kappa shape index (κ2) is 2.73. The summed E-state index contributed by atoms with van der Waals surface area (Å²) in [5.41, 5.74) is 5.41. The van der Waals surface area contributed by atoms with Gasteiger partial charge in [-0.25, -0.2) is 0 Å². The third-order valence-corrected chi connectivity index (χ3v) is 1.04. The van der Waals surface area contributed by atoms with Crippen molar-refractivity contribution in [2.24, 2.45) is 5.64 Å². The van der Waals surface area contributed by atoms with E-state index in [0.29, 0.717) is 0 Å². The number of rotatable bonds is 1. The summed E-state index contributed by atoms with van der Waals surface area (Å²) in [5, 5.41) is 0. The summed E-state index contributed by atoms with van der Waals surface area (Å²) in [6.45, 7) is 2.03. The first kappa shape index (κ1) is 5.50. The molecule has 5 heavy (non-hydrogen) atoms. The van der Waals surface area contributed by atoms with Crippen LogP contribution in [0.5, 0.6) is 0 Å². The van der Waals surface area contributed by atoms with Crippen molar-refractivity contribution in [2.75, 3.05) is 0 Å². The van der Waals surface area contributed by atoms with Crippen molar-refractivity contribution in [3.8, 4) is 0 Å². The van der Waals surface area contributed by atoms with Gasteiger partial charge in [-0.05, 0) is 0 Å². The molecule has 0 atom stereocenters. The maximum absolute atomic E-state index is 5.21. The van der Waals surface area contributed by atoms with E-state index in [1.807, 2.05) is 6.92 Å². The van der Waals surface area contributed by atoms with Crippen molar-refractivity contribution >= 4 is 21.4 Å². The maximum Gasteiger partial charge on any atom is 0.297 e. The van der Waals surface area contributed by atoms with Crippen LogP contribution in [0.1, 0.15) is 6.92 Å². The molecule has 30 valence electrons. The van der Waals surface area contributed by atoms with E-state index in [1.54, 1.807) is 0 Å². The molecule has 0 amide bonds. The lowest BCUT2D eigenvalue weighted by molar-refractivity contribution is 1.43. The Labute approximate surface area is 41.0 Å². The molecule has 0 heterocycles. The summed E-state index contributed by atoms with van der Waals surface area (Å²) < 4.78 is 0. The van der Waals surface area contributed by atoms with Crippen LogP contribution in [-0.2, 0) is 0 Å². The predicted octanol–water partition coefficient (Wildman–Crippen LogP) is 0.848. The molecule has 0 aromatic rings. The van der Waals surface area contributed by atoms with Crippen LogP contribution in [0.25, 0.3) is 0 Å². The molecular weight excluding hydrogens is 129 g/mol. The summed E-state index contributed by atoms with van der Waals surface area (Å²) >= 11 is 3.15. The van der Waals surface area contributed by atoms with Crippen LogP contribution in [0.2, 0.25) is 6.32 Å². The van der Waals surface area contributed by atoms with Gasteiger partial charge in [0.1, 0.15) is 0 Å². The van der Waals surface area contributed by atoms with Gasteiger partial charge in [-0.3, -0.25) is 0 Å². The van der Waals surface area contributed by atoms with Gasteiger partial charge >= 0.3 is 0 Å². The van der Waals surface area contributed by atoms with Gasteiger partial charge in [-0.15, -0.1) is 15.8 Å². The van der Waals surface area contributed by atoms with Gasteiger partial charge in [0, 0.05) is 0 Å². The predicted molar refractivity (Wildman–Crippen MR) is 29.3 cm³/mol. The first-order valence-corrected chi connectivity index (χ1v) is 2.58. The largest absolute Gasteiger partial charge is 0.360 e. The molecule has 3 heteroatoms. The second-order valence-electron chi connectivity index (χ2n) is 0.924. The van der Waals surface area contributed by atoms with Gasteiger partial charge in [0.2, 0.25) is 0 Å². The molecule has 0 aliphatic heterocycles. The average Bonchev–Trinajstić information content (AvgIpc) is 1.38. The molecule has 0 rings (SSSR count). The first-order valence-electron chi connectivity index (χ1n) is 1.67. The Morgan fingerprint density at radius 2 is 2.20 bits per heavy atom. The molecule has 0 aromatic heterocycles. The standard InChI is InChI=1S/C2H7BBrN/c1-2-3(4)5/h2,5H2,1H3. The number of halogens is 1. The Hall–Kier alpha value is 0.505. The van der Waals surface area contributed by atoms with Crippen LogP contribution in [0.3, 0.4) is 0 Å². The van der Waals surface area contributed by atoms with Crippen molar-refractivity contribution in [2.45, 2.75) is 13.2 Å². The lowest BCUT2D eigenvalue weighted by Gasteiger charge is -1.82. The fourth-order valence-corrected chi connectivity index (χ4v) is 0. The zero-order valence-electron chi connectivity index (χ0n) is 3.24. The zero-order chi connectivity index (χ0) is 4.28. The minimum atomic E-state index is 0.197. The lowest BCUT2D eigenvalue weighted by atomic mass is 9.93. The lowest BCUT2D eigenvalue weighted by Crippen LogP contribution is -2.13. The van der Waals surface area contributed by atoms with Gasteiger partial charge in [-0.2, -0.15) is 0 Å². The zero-order valence-corrected chi connectivity index (χ0v) is 4.83. The fourth-order valence-electron chi connectivity index (χ4n) is 0. The molecule has 1 nitrogen and oxygen atoms in total. The van der Waals surface area contributed by atoms with E-state index in [-0.39, 0.29) is 5.67 Å². The van der Waals surface area contributed by atoms with Crippen LogP contribution in [0.15, 0.2) is 0 Å². The third-order valence-electron chi connectivity index (χ3n) is 0.390. The van der Waals surface area contributed by atoms with E-state index in [2.05, 4.69) is 15.8 Å². The van der Waals surface area contributed by atoms with Crippen molar-refractivity contribution in [3.63, 3.8) is 0 Å². The van der Waals surface area contributed by atoms with Crippen LogP contribution in [0.4, 0.5) is 0 Å². The summed E-state index contributed by atoms with van der Waals surface area (Å²) in [4.78, 5) is 0. The summed E-state index contributed by atoms with van der Waals surface area (Å²) in [7, 11) is 0. The van der Waals surface area contributed by atoms with Crippen LogP contribution in [-0.4, -0.2) is 5.67 Å². The Bertz CT molecular complexity index is 23.6. The molecule has 0 fully saturated rings. The van der Waals surface area contributed by atoms with Crippen molar-refractivity contribution < 1.29 is 0 Å².